The van der Waals surface area contributed by atoms with Crippen molar-refractivity contribution in [2.24, 2.45) is 5.73 Å². The summed E-state index contributed by atoms with van der Waals surface area (Å²) in [6.45, 7) is 2.02. The van der Waals surface area contributed by atoms with Gasteiger partial charge in [-0.2, -0.15) is 0 Å². The minimum Gasteiger partial charge on any atom is -0.469 e. The fourth-order valence-corrected chi connectivity index (χ4v) is 2.79. The van der Waals surface area contributed by atoms with E-state index in [0.717, 1.165) is 56.1 Å². The summed E-state index contributed by atoms with van der Waals surface area (Å²) >= 11 is 0. The van der Waals surface area contributed by atoms with Crippen molar-refractivity contribution in [3.8, 4) is 0 Å². The van der Waals surface area contributed by atoms with Crippen LogP contribution in [0.25, 0.3) is 0 Å². The molecule has 0 spiro atoms. The van der Waals surface area contributed by atoms with Gasteiger partial charge in [0.2, 0.25) is 5.91 Å². The molecule has 1 rings (SSSR count). The highest BCUT2D eigenvalue weighted by atomic mass is 16.5. The number of methoxy groups -OCH3 is 1. The molecule has 128 valence electrons. The lowest BCUT2D eigenvalue weighted by Gasteiger charge is -2.14. The summed E-state index contributed by atoms with van der Waals surface area (Å²) in [4.78, 5) is 22.7. The van der Waals surface area contributed by atoms with Crippen LogP contribution in [-0.4, -0.2) is 19.0 Å². The first-order valence-electron chi connectivity index (χ1n) is 8.47. The van der Waals surface area contributed by atoms with Crippen LogP contribution in [0, 0.1) is 6.92 Å². The predicted molar refractivity (Wildman–Crippen MR) is 92.1 cm³/mol. The molecule has 0 bridgehead atoms. The van der Waals surface area contributed by atoms with Crippen LogP contribution in [-0.2, 0) is 14.3 Å². The van der Waals surface area contributed by atoms with Gasteiger partial charge in [-0.25, -0.2) is 0 Å². The highest BCUT2D eigenvalue weighted by Gasteiger charge is 2.17. The molecule has 2 N–H and O–H groups in total. The Balaban J connectivity index is 2.22. The zero-order valence-corrected chi connectivity index (χ0v) is 14.3. The molecule has 0 fully saturated rings. The molecule has 0 saturated heterocycles. The lowest BCUT2D eigenvalue weighted by molar-refractivity contribution is -0.140. The first-order valence-corrected chi connectivity index (χ1v) is 8.47. The van der Waals surface area contributed by atoms with E-state index in [2.05, 4.69) is 4.74 Å². The number of ether oxygens (including phenoxy) is 1. The van der Waals surface area contributed by atoms with Crippen LogP contribution in [0.5, 0.6) is 0 Å². The normalized spacial score (nSPS) is 11.9. The number of hydrogen-bond acceptors (Lipinski definition) is 3. The Morgan fingerprint density at radius 3 is 2.35 bits per heavy atom. The van der Waals surface area contributed by atoms with Gasteiger partial charge in [-0.15, -0.1) is 0 Å². The van der Waals surface area contributed by atoms with Crippen molar-refractivity contribution in [1.82, 2.24) is 0 Å². The monoisotopic (exact) mass is 319 g/mol. The number of hydrogen-bond donors (Lipinski definition) is 1. The summed E-state index contributed by atoms with van der Waals surface area (Å²) < 4.78 is 4.61. The maximum Gasteiger partial charge on any atom is 0.305 e. The molecule has 1 unspecified atom stereocenters. The fraction of sp³-hybridized carbons (Fsp3) is 0.579. The minimum atomic E-state index is -0.242. The van der Waals surface area contributed by atoms with Gasteiger partial charge in [-0.3, -0.25) is 9.59 Å². The van der Waals surface area contributed by atoms with E-state index in [0.29, 0.717) is 6.42 Å². The summed E-state index contributed by atoms with van der Waals surface area (Å²) in [5, 5.41) is 0. The minimum absolute atomic E-state index is 0.132. The van der Waals surface area contributed by atoms with Gasteiger partial charge >= 0.3 is 5.97 Å². The number of amides is 1. The van der Waals surface area contributed by atoms with Crippen LogP contribution in [0.2, 0.25) is 0 Å². The number of aryl methyl sites for hydroxylation is 1. The molecule has 0 aliphatic rings. The van der Waals surface area contributed by atoms with Crippen LogP contribution < -0.4 is 5.73 Å². The van der Waals surface area contributed by atoms with E-state index in [1.165, 1.54) is 7.11 Å². The van der Waals surface area contributed by atoms with E-state index in [9.17, 15) is 9.59 Å². The zero-order chi connectivity index (χ0) is 17.1. The lowest BCUT2D eigenvalue weighted by Crippen LogP contribution is -2.21. The van der Waals surface area contributed by atoms with Gasteiger partial charge in [0.15, 0.2) is 0 Å². The van der Waals surface area contributed by atoms with Gasteiger partial charge in [-0.1, -0.05) is 61.9 Å². The third kappa shape index (κ3) is 7.82. The van der Waals surface area contributed by atoms with Gasteiger partial charge in [0, 0.05) is 6.42 Å². The van der Waals surface area contributed by atoms with Crippen molar-refractivity contribution >= 4 is 11.9 Å². The Morgan fingerprint density at radius 1 is 1.09 bits per heavy atom. The van der Waals surface area contributed by atoms with Crippen LogP contribution in [0.3, 0.4) is 0 Å². The van der Waals surface area contributed by atoms with Crippen LogP contribution in [0.4, 0.5) is 0 Å². The number of primary amides is 1. The van der Waals surface area contributed by atoms with E-state index in [-0.39, 0.29) is 17.8 Å². The quantitative estimate of drug-likeness (QED) is 0.497. The number of carbonyl (C=O) groups excluding carboxylic acids is 2. The van der Waals surface area contributed by atoms with Gasteiger partial charge in [-0.05, 0) is 25.3 Å². The maximum atomic E-state index is 11.7. The topological polar surface area (TPSA) is 69.4 Å². The molecule has 0 radical (unpaired) electrons. The van der Waals surface area contributed by atoms with Crippen molar-refractivity contribution in [2.75, 3.05) is 7.11 Å². The molecular weight excluding hydrogens is 290 g/mol. The third-order valence-corrected chi connectivity index (χ3v) is 4.14. The molecule has 0 heterocycles. The zero-order valence-electron chi connectivity index (χ0n) is 14.3. The van der Waals surface area contributed by atoms with Crippen molar-refractivity contribution in [3.05, 3.63) is 35.4 Å². The largest absolute Gasteiger partial charge is 0.469 e. The predicted octanol–water partition coefficient (Wildman–Crippen LogP) is 3.86. The number of nitrogens with two attached hydrogens (primary N) is 1. The second-order valence-electron chi connectivity index (χ2n) is 6.11. The van der Waals surface area contributed by atoms with E-state index >= 15 is 0 Å². The Hall–Kier alpha value is -1.84. The molecule has 0 aromatic heterocycles. The Kier molecular flexibility index (Phi) is 9.03. The molecule has 0 aliphatic heterocycles. The van der Waals surface area contributed by atoms with Gasteiger partial charge < -0.3 is 10.5 Å². The van der Waals surface area contributed by atoms with E-state index in [4.69, 9.17) is 5.73 Å². The first-order chi connectivity index (χ1) is 11.0. The number of unbranched alkanes of at least 4 members (excludes halogenated alkanes) is 5. The molecule has 0 aliphatic carbocycles. The summed E-state index contributed by atoms with van der Waals surface area (Å²) in [5.74, 6) is -0.560. The third-order valence-electron chi connectivity index (χ3n) is 4.14. The molecular formula is C19H29NO3. The number of rotatable bonds is 11. The lowest BCUT2D eigenvalue weighted by atomic mass is 9.91. The van der Waals surface area contributed by atoms with Gasteiger partial charge in [0.05, 0.1) is 13.0 Å². The summed E-state index contributed by atoms with van der Waals surface area (Å²) in [6.07, 6.45) is 7.58. The highest BCUT2D eigenvalue weighted by molar-refractivity contribution is 5.81. The standard InChI is InChI=1S/C19H29NO3/c1-15-10-9-11-16(14-15)17(19(20)22)12-7-5-3-4-6-8-13-18(21)23-2/h9-11,14,17H,3-8,12-13H2,1-2H3,(H2,20,22). The molecule has 4 heteroatoms. The average Bonchev–Trinajstić information content (AvgIpc) is 2.52. The Bertz CT molecular complexity index is 499. The Morgan fingerprint density at radius 2 is 1.74 bits per heavy atom. The van der Waals surface area contributed by atoms with E-state index < -0.39 is 0 Å². The molecule has 1 atom stereocenters. The molecule has 0 saturated carbocycles. The fourth-order valence-electron chi connectivity index (χ4n) is 2.79. The van der Waals surface area contributed by atoms with Crippen LogP contribution in [0.1, 0.15) is 68.4 Å². The maximum absolute atomic E-state index is 11.7. The number of benzene rings is 1. The molecule has 4 nitrogen and oxygen atoms in total. The summed E-state index contributed by atoms with van der Waals surface area (Å²) in [6, 6.07) is 8.02. The second-order valence-corrected chi connectivity index (χ2v) is 6.11. The molecule has 1 aromatic rings. The van der Waals surface area contributed by atoms with E-state index in [1.807, 2.05) is 31.2 Å². The van der Waals surface area contributed by atoms with Crippen molar-refractivity contribution < 1.29 is 14.3 Å². The summed E-state index contributed by atoms with van der Waals surface area (Å²) in [5.41, 5.74) is 7.73. The Labute approximate surface area is 139 Å². The van der Waals surface area contributed by atoms with Gasteiger partial charge in [0.25, 0.3) is 0 Å². The van der Waals surface area contributed by atoms with Gasteiger partial charge in [0.1, 0.15) is 0 Å². The number of esters is 1. The van der Waals surface area contributed by atoms with Crippen molar-refractivity contribution in [1.29, 1.82) is 0 Å². The van der Waals surface area contributed by atoms with E-state index in [1.54, 1.807) is 0 Å². The SMILES string of the molecule is COC(=O)CCCCCCCCC(C(N)=O)c1cccc(C)c1. The molecule has 1 aromatic carbocycles. The molecule has 23 heavy (non-hydrogen) atoms. The van der Waals surface area contributed by atoms with Crippen molar-refractivity contribution in [2.45, 2.75) is 64.2 Å². The smallest absolute Gasteiger partial charge is 0.305 e. The first kappa shape index (κ1) is 19.2. The second kappa shape index (κ2) is 10.8. The van der Waals surface area contributed by atoms with Crippen LogP contribution in [0.15, 0.2) is 24.3 Å². The average molecular weight is 319 g/mol. The summed E-state index contributed by atoms with van der Waals surface area (Å²) in [7, 11) is 1.42. The van der Waals surface area contributed by atoms with Crippen molar-refractivity contribution in [3.63, 3.8) is 0 Å². The molecule has 1 amide bonds. The van der Waals surface area contributed by atoms with Crippen LogP contribution >= 0.6 is 0 Å². The number of carbonyl (C=O) groups is 2. The highest BCUT2D eigenvalue weighted by Crippen LogP contribution is 2.23.